The molecule has 0 saturated carbocycles. The zero-order valence-electron chi connectivity index (χ0n) is 15.3. The molecule has 0 unspecified atom stereocenters. The van der Waals surface area contributed by atoms with Gasteiger partial charge in [0.05, 0.1) is 0 Å². The molecule has 4 nitrogen and oxygen atoms in total. The predicted octanol–water partition coefficient (Wildman–Crippen LogP) is 5.21. The van der Waals surface area contributed by atoms with E-state index in [0.717, 1.165) is 10.2 Å². The Kier molecular flexibility index (Phi) is 6.51. The van der Waals surface area contributed by atoms with E-state index < -0.39 is 5.60 Å². The fourth-order valence-corrected chi connectivity index (χ4v) is 2.62. The van der Waals surface area contributed by atoms with Gasteiger partial charge >= 0.3 is 6.09 Å². The number of hydrogen-bond donors (Lipinski definition) is 1. The molecule has 5 heteroatoms. The van der Waals surface area contributed by atoms with E-state index in [1.165, 1.54) is 5.56 Å². The molecule has 0 spiro atoms. The molecule has 0 saturated heterocycles. The monoisotopic (exact) mass is 384 g/mol. The molecule has 0 atom stereocenters. The first-order valence-corrected chi connectivity index (χ1v) is 8.70. The predicted molar refractivity (Wildman–Crippen MR) is 100 cm³/mol. The first kappa shape index (κ1) is 19.8. The third kappa shape index (κ3) is 6.81. The Hall–Kier alpha value is -1.23. The summed E-state index contributed by atoms with van der Waals surface area (Å²) in [5.41, 5.74) is 1.46. The van der Waals surface area contributed by atoms with Gasteiger partial charge in [0.2, 0.25) is 0 Å². The van der Waals surface area contributed by atoms with Gasteiger partial charge in [-0.2, -0.15) is 0 Å². The summed E-state index contributed by atoms with van der Waals surface area (Å²) in [4.78, 5) is 14.2. The van der Waals surface area contributed by atoms with Crippen molar-refractivity contribution in [3.63, 3.8) is 0 Å². The summed E-state index contributed by atoms with van der Waals surface area (Å²) >= 11 is 3.46. The minimum Gasteiger partial charge on any atom is -0.444 e. The van der Waals surface area contributed by atoms with Crippen molar-refractivity contribution in [2.75, 3.05) is 18.4 Å². The number of benzene rings is 1. The lowest BCUT2D eigenvalue weighted by molar-refractivity contribution is 0.00749. The van der Waals surface area contributed by atoms with Gasteiger partial charge in [-0.3, -0.25) is 0 Å². The third-order valence-electron chi connectivity index (χ3n) is 3.26. The first-order chi connectivity index (χ1) is 10.4. The molecule has 0 radical (unpaired) electrons. The second kappa shape index (κ2) is 7.56. The van der Waals surface area contributed by atoms with Crippen LogP contribution in [0.1, 0.15) is 47.1 Å². The van der Waals surface area contributed by atoms with Gasteiger partial charge in [0.15, 0.2) is 0 Å². The highest BCUT2D eigenvalue weighted by Crippen LogP contribution is 2.21. The Balaban J connectivity index is 2.70. The van der Waals surface area contributed by atoms with Crippen molar-refractivity contribution in [2.24, 2.45) is 0 Å². The first-order valence-electron chi connectivity index (χ1n) is 7.91. The molecule has 0 aliphatic heterocycles. The lowest BCUT2D eigenvalue weighted by Crippen LogP contribution is -2.49. The average molecular weight is 385 g/mol. The zero-order valence-corrected chi connectivity index (χ0v) is 16.9. The summed E-state index contributed by atoms with van der Waals surface area (Å²) < 4.78 is 6.58. The molecule has 0 fully saturated rings. The average Bonchev–Trinajstić information content (AvgIpc) is 2.32. The van der Waals surface area contributed by atoms with Crippen molar-refractivity contribution in [3.05, 3.63) is 28.2 Å². The van der Waals surface area contributed by atoms with Gasteiger partial charge in [-0.1, -0.05) is 15.9 Å². The lowest BCUT2D eigenvalue weighted by atomic mass is 10.1. The van der Waals surface area contributed by atoms with Crippen LogP contribution in [0.25, 0.3) is 0 Å². The van der Waals surface area contributed by atoms with Gasteiger partial charge in [-0.05, 0) is 72.2 Å². The largest absolute Gasteiger partial charge is 0.444 e. The molecule has 1 amide bonds. The molecule has 0 heterocycles. The van der Waals surface area contributed by atoms with Crippen molar-refractivity contribution in [3.8, 4) is 0 Å². The van der Waals surface area contributed by atoms with Crippen molar-refractivity contribution in [2.45, 2.75) is 59.6 Å². The summed E-state index contributed by atoms with van der Waals surface area (Å²) in [6.07, 6.45) is -0.278. The highest BCUT2D eigenvalue weighted by Gasteiger charge is 2.30. The molecule has 23 heavy (non-hydrogen) atoms. The Morgan fingerprint density at radius 3 is 2.30 bits per heavy atom. The maximum absolute atomic E-state index is 12.4. The standard InChI is InChI=1S/C18H29BrN2O2/c1-13-12-14(19)8-9-15(13)20-10-11-21(17(2,3)4)16(22)23-18(5,6)7/h8-9,12,20H,10-11H2,1-7H3. The lowest BCUT2D eigenvalue weighted by Gasteiger charge is -2.37. The second-order valence-electron chi connectivity index (χ2n) is 7.69. The van der Waals surface area contributed by atoms with Crippen molar-refractivity contribution < 1.29 is 9.53 Å². The number of halogens is 1. The van der Waals surface area contributed by atoms with Gasteiger partial charge in [0, 0.05) is 28.8 Å². The highest BCUT2D eigenvalue weighted by atomic mass is 79.9. The van der Waals surface area contributed by atoms with Crippen LogP contribution in [0.4, 0.5) is 10.5 Å². The molecule has 130 valence electrons. The van der Waals surface area contributed by atoms with Gasteiger partial charge < -0.3 is 15.0 Å². The van der Waals surface area contributed by atoms with Crippen LogP contribution in [0.15, 0.2) is 22.7 Å². The third-order valence-corrected chi connectivity index (χ3v) is 3.76. The van der Waals surface area contributed by atoms with Crippen LogP contribution in [0, 0.1) is 6.92 Å². The second-order valence-corrected chi connectivity index (χ2v) is 8.60. The number of nitrogens with one attached hydrogen (secondary N) is 1. The number of carbonyl (C=O) groups excluding carboxylic acids is 1. The maximum atomic E-state index is 12.4. The summed E-state index contributed by atoms with van der Waals surface area (Å²) in [5.74, 6) is 0. The molecule has 0 bridgehead atoms. The fraction of sp³-hybridized carbons (Fsp3) is 0.611. The van der Waals surface area contributed by atoms with Crippen LogP contribution in [-0.2, 0) is 4.74 Å². The number of carbonyl (C=O) groups is 1. The fourth-order valence-electron chi connectivity index (χ4n) is 2.15. The molecular formula is C18H29BrN2O2. The van der Waals surface area contributed by atoms with Crippen LogP contribution in [0.2, 0.25) is 0 Å². The van der Waals surface area contributed by atoms with E-state index in [2.05, 4.69) is 34.2 Å². The number of anilines is 1. The van der Waals surface area contributed by atoms with E-state index >= 15 is 0 Å². The maximum Gasteiger partial charge on any atom is 0.410 e. The quantitative estimate of drug-likeness (QED) is 0.774. The molecule has 1 aromatic rings. The molecule has 0 aliphatic carbocycles. The number of hydrogen-bond acceptors (Lipinski definition) is 3. The molecule has 1 N–H and O–H groups in total. The van der Waals surface area contributed by atoms with Gasteiger partial charge in [0.1, 0.15) is 5.60 Å². The Morgan fingerprint density at radius 2 is 1.83 bits per heavy atom. The van der Waals surface area contributed by atoms with Crippen molar-refractivity contribution >= 4 is 27.7 Å². The molecule has 0 aliphatic rings. The van der Waals surface area contributed by atoms with Crippen molar-refractivity contribution in [1.82, 2.24) is 4.90 Å². The van der Waals surface area contributed by atoms with Gasteiger partial charge in [-0.15, -0.1) is 0 Å². The molecule has 1 rings (SSSR count). The summed E-state index contributed by atoms with van der Waals surface area (Å²) in [5, 5.41) is 3.39. The van der Waals surface area contributed by atoms with Crippen LogP contribution >= 0.6 is 15.9 Å². The van der Waals surface area contributed by atoms with Gasteiger partial charge in [-0.25, -0.2) is 4.79 Å². The van der Waals surface area contributed by atoms with E-state index in [-0.39, 0.29) is 11.6 Å². The van der Waals surface area contributed by atoms with E-state index in [1.807, 2.05) is 53.7 Å². The summed E-state index contributed by atoms with van der Waals surface area (Å²) in [6, 6.07) is 6.11. The normalized spacial score (nSPS) is 12.0. The zero-order chi connectivity index (χ0) is 17.8. The Labute approximate surface area is 148 Å². The highest BCUT2D eigenvalue weighted by molar-refractivity contribution is 9.10. The summed E-state index contributed by atoms with van der Waals surface area (Å²) in [7, 11) is 0. The van der Waals surface area contributed by atoms with Crippen molar-refractivity contribution in [1.29, 1.82) is 0 Å². The van der Waals surface area contributed by atoms with Crippen LogP contribution in [-0.4, -0.2) is 35.2 Å². The van der Waals surface area contributed by atoms with Crippen LogP contribution in [0.5, 0.6) is 0 Å². The minimum absolute atomic E-state index is 0.278. The Morgan fingerprint density at radius 1 is 1.22 bits per heavy atom. The number of ether oxygens (including phenoxy) is 1. The minimum atomic E-state index is -0.490. The smallest absolute Gasteiger partial charge is 0.410 e. The number of amides is 1. The Bertz CT molecular complexity index is 545. The van der Waals surface area contributed by atoms with Crippen LogP contribution in [0.3, 0.4) is 0 Å². The van der Waals surface area contributed by atoms with E-state index in [0.29, 0.717) is 13.1 Å². The topological polar surface area (TPSA) is 41.6 Å². The van der Waals surface area contributed by atoms with Crippen LogP contribution < -0.4 is 5.32 Å². The van der Waals surface area contributed by atoms with E-state index in [1.54, 1.807) is 4.90 Å². The number of aryl methyl sites for hydroxylation is 1. The molecule has 0 aromatic heterocycles. The number of rotatable bonds is 4. The molecular weight excluding hydrogens is 356 g/mol. The number of nitrogens with zero attached hydrogens (tertiary/aromatic N) is 1. The van der Waals surface area contributed by atoms with Gasteiger partial charge in [0.25, 0.3) is 0 Å². The molecule has 1 aromatic carbocycles. The summed E-state index contributed by atoms with van der Waals surface area (Å²) in [6.45, 7) is 15.0. The van der Waals surface area contributed by atoms with E-state index in [4.69, 9.17) is 4.74 Å². The SMILES string of the molecule is Cc1cc(Br)ccc1NCCN(C(=O)OC(C)(C)C)C(C)(C)C. The van der Waals surface area contributed by atoms with E-state index in [9.17, 15) is 4.79 Å².